The van der Waals surface area contributed by atoms with Crippen LogP contribution in [0.5, 0.6) is 0 Å². The molecule has 1 aliphatic rings. The average molecular weight is 614 g/mol. The van der Waals surface area contributed by atoms with Gasteiger partial charge in [0.25, 0.3) is 0 Å². The van der Waals surface area contributed by atoms with Gasteiger partial charge < -0.3 is 57.1 Å². The molecule has 1 N–H and O–H groups in total. The van der Waals surface area contributed by atoms with Crippen LogP contribution < -0.4 is 5.32 Å². The Balaban J connectivity index is 1.61. The minimum Gasteiger partial charge on any atom is -0.415 e. The Bertz CT molecular complexity index is 526. The van der Waals surface area contributed by atoms with Crippen molar-refractivity contribution in [3.63, 3.8) is 0 Å². The van der Waals surface area contributed by atoms with Crippen LogP contribution in [-0.2, 0) is 51.8 Å². The Hall–Kier alpha value is -0.263. The maximum absolute atomic E-state index is 5.79. The van der Waals surface area contributed by atoms with Crippen molar-refractivity contribution in [2.24, 2.45) is 0 Å². The second-order valence-electron chi connectivity index (χ2n) is 10.3. The third-order valence-electron chi connectivity index (χ3n) is 5.61. The zero-order chi connectivity index (χ0) is 29.5. The average Bonchev–Trinajstić information content (AvgIpc) is 2.96. The second-order valence-corrected chi connectivity index (χ2v) is 14.8. The van der Waals surface area contributed by atoms with E-state index in [0.29, 0.717) is 138 Å². The smallest absolute Gasteiger partial charge is 0.183 e. The van der Waals surface area contributed by atoms with Crippen molar-refractivity contribution in [2.75, 3.05) is 145 Å². The number of ether oxygens (including phenoxy) is 10. The van der Waals surface area contributed by atoms with Crippen molar-refractivity contribution in [3.8, 4) is 0 Å². The molecular weight excluding hydrogens is 554 g/mol. The highest BCUT2D eigenvalue weighted by atomic mass is 28.4. The fraction of sp³-hybridized carbons (Fsp3) is 1.00. The van der Waals surface area contributed by atoms with Crippen molar-refractivity contribution in [1.29, 1.82) is 0 Å². The van der Waals surface area contributed by atoms with Crippen molar-refractivity contribution in [2.45, 2.75) is 38.6 Å². The van der Waals surface area contributed by atoms with E-state index in [0.717, 1.165) is 25.9 Å². The molecule has 0 aromatic rings. The first-order valence-corrected chi connectivity index (χ1v) is 18.6. The number of piperidine rings is 1. The maximum Gasteiger partial charge on any atom is 0.183 e. The van der Waals surface area contributed by atoms with Crippen LogP contribution in [0, 0.1) is 0 Å². The van der Waals surface area contributed by atoms with E-state index in [1.807, 2.05) is 0 Å². The summed E-state index contributed by atoms with van der Waals surface area (Å²) in [7, 11) is -1.45. The van der Waals surface area contributed by atoms with E-state index < -0.39 is 8.32 Å². The van der Waals surface area contributed by atoms with E-state index in [4.69, 9.17) is 51.8 Å². The van der Waals surface area contributed by atoms with Gasteiger partial charge in [0.05, 0.1) is 138 Å². The fourth-order valence-electron chi connectivity index (χ4n) is 3.50. The molecule has 1 fully saturated rings. The molecule has 12 nitrogen and oxygen atoms in total. The molecule has 0 amide bonds. The molecule has 1 aliphatic heterocycles. The van der Waals surface area contributed by atoms with Crippen molar-refractivity contribution in [1.82, 2.24) is 5.32 Å². The Kier molecular flexibility index (Phi) is 28.2. The summed E-state index contributed by atoms with van der Waals surface area (Å²) in [5.41, 5.74) is 0. The number of rotatable bonds is 32. The van der Waals surface area contributed by atoms with Crippen LogP contribution in [0.25, 0.3) is 0 Å². The van der Waals surface area contributed by atoms with E-state index in [1.165, 1.54) is 0 Å². The molecule has 1 rings (SSSR count). The zero-order valence-corrected chi connectivity index (χ0v) is 27.0. The van der Waals surface area contributed by atoms with E-state index in [9.17, 15) is 0 Å². The minimum absolute atomic E-state index is 0.376. The number of hydrogen-bond donors (Lipinski definition) is 1. The summed E-state index contributed by atoms with van der Waals surface area (Å²) in [5.74, 6) is 0. The third kappa shape index (κ3) is 31.0. The molecule has 0 bridgehead atoms. The molecule has 0 unspecified atom stereocenters. The van der Waals surface area contributed by atoms with E-state index in [1.54, 1.807) is 0 Å². The molecule has 1 heterocycles. The summed E-state index contributed by atoms with van der Waals surface area (Å²) in [5, 5.41) is 3.33. The Morgan fingerprint density at radius 2 is 0.683 bits per heavy atom. The highest BCUT2D eigenvalue weighted by Crippen LogP contribution is 2.06. The van der Waals surface area contributed by atoms with Crippen molar-refractivity contribution < 1.29 is 51.8 Å². The van der Waals surface area contributed by atoms with E-state index >= 15 is 0 Å². The van der Waals surface area contributed by atoms with Crippen LogP contribution in [0.15, 0.2) is 0 Å². The monoisotopic (exact) mass is 613 g/mol. The molecule has 0 aliphatic carbocycles. The van der Waals surface area contributed by atoms with Gasteiger partial charge in [0, 0.05) is 0 Å². The van der Waals surface area contributed by atoms with Crippen molar-refractivity contribution >= 4 is 8.32 Å². The molecule has 0 atom stereocenters. The second kappa shape index (κ2) is 29.8. The molecule has 246 valence electrons. The van der Waals surface area contributed by atoms with Gasteiger partial charge in [-0.25, -0.2) is 0 Å². The summed E-state index contributed by atoms with van der Waals surface area (Å²) in [6.45, 7) is 19.7. The minimum atomic E-state index is -1.45. The number of nitrogens with one attached hydrogen (secondary N) is 1. The van der Waals surface area contributed by atoms with E-state index in [-0.39, 0.29) is 0 Å². The molecule has 0 spiro atoms. The predicted molar refractivity (Wildman–Crippen MR) is 159 cm³/mol. The van der Waals surface area contributed by atoms with E-state index in [2.05, 4.69) is 25.0 Å². The lowest BCUT2D eigenvalue weighted by atomic mass is 10.1. The molecule has 0 radical (unpaired) electrons. The van der Waals surface area contributed by atoms with Crippen LogP contribution >= 0.6 is 0 Å². The summed E-state index contributed by atoms with van der Waals surface area (Å²) in [6.07, 6.45) is 2.54. The lowest BCUT2D eigenvalue weighted by molar-refractivity contribution is -0.0322. The molecule has 0 saturated carbocycles. The number of hydrogen-bond acceptors (Lipinski definition) is 12. The van der Waals surface area contributed by atoms with Gasteiger partial charge in [-0.15, -0.1) is 0 Å². The molecule has 0 aromatic carbocycles. The van der Waals surface area contributed by atoms with Crippen molar-refractivity contribution in [3.05, 3.63) is 0 Å². The van der Waals surface area contributed by atoms with Crippen LogP contribution in [0.3, 0.4) is 0 Å². The first-order chi connectivity index (χ1) is 20.1. The molecule has 0 aromatic heterocycles. The molecule has 1 saturated heterocycles. The third-order valence-corrected chi connectivity index (χ3v) is 6.68. The highest BCUT2D eigenvalue weighted by Gasteiger charge is 2.13. The van der Waals surface area contributed by atoms with Gasteiger partial charge in [0.2, 0.25) is 0 Å². The standard InChI is InChI=1S/C28H59NO11Si/c1-41(2,3)40-27-25-38-23-21-36-19-17-34-15-13-32-11-9-30-8-10-31-12-14-33-16-18-35-20-22-37-24-26-39-28-4-6-29-7-5-28/h28-29H,4-27H2,1-3H3. The summed E-state index contributed by atoms with van der Waals surface area (Å²) in [4.78, 5) is 0. The van der Waals surface area contributed by atoms with Crippen LogP contribution in [-0.4, -0.2) is 160 Å². The Morgan fingerprint density at radius 3 is 0.976 bits per heavy atom. The predicted octanol–water partition coefficient (Wildman–Crippen LogP) is 1.76. The lowest BCUT2D eigenvalue weighted by Gasteiger charge is -2.22. The molecular formula is C28H59NO11Si. The summed E-state index contributed by atoms with van der Waals surface area (Å²) < 4.78 is 60.9. The van der Waals surface area contributed by atoms with Crippen LogP contribution in [0.2, 0.25) is 19.6 Å². The first-order valence-electron chi connectivity index (χ1n) is 15.2. The topological polar surface area (TPSA) is 114 Å². The largest absolute Gasteiger partial charge is 0.415 e. The lowest BCUT2D eigenvalue weighted by Crippen LogP contribution is -2.33. The summed E-state index contributed by atoms with van der Waals surface area (Å²) in [6, 6.07) is 0. The van der Waals surface area contributed by atoms with Gasteiger partial charge in [0.1, 0.15) is 0 Å². The zero-order valence-electron chi connectivity index (χ0n) is 26.0. The molecule has 13 heteroatoms. The van der Waals surface area contributed by atoms with Crippen LogP contribution in [0.4, 0.5) is 0 Å². The maximum atomic E-state index is 5.79. The van der Waals surface area contributed by atoms with Gasteiger partial charge in [-0.1, -0.05) is 0 Å². The SMILES string of the molecule is C[Si](C)(C)OCCOCCOCCOCCOCCOCCOCCOCCOCCOCCOC1CCNCC1. The normalized spacial score (nSPS) is 14.7. The summed E-state index contributed by atoms with van der Waals surface area (Å²) >= 11 is 0. The quantitative estimate of drug-likeness (QED) is 0.0881. The van der Waals surface area contributed by atoms with Gasteiger partial charge in [-0.05, 0) is 45.6 Å². The first kappa shape index (κ1) is 38.8. The van der Waals surface area contributed by atoms with Gasteiger partial charge in [-0.3, -0.25) is 0 Å². The fourth-order valence-corrected chi connectivity index (χ4v) is 4.20. The van der Waals surface area contributed by atoms with Gasteiger partial charge in [0.15, 0.2) is 8.32 Å². The molecule has 41 heavy (non-hydrogen) atoms. The Morgan fingerprint density at radius 1 is 0.415 bits per heavy atom. The highest BCUT2D eigenvalue weighted by molar-refractivity contribution is 6.69. The van der Waals surface area contributed by atoms with Crippen LogP contribution in [0.1, 0.15) is 12.8 Å². The van der Waals surface area contributed by atoms with Gasteiger partial charge >= 0.3 is 0 Å². The Labute approximate surface area is 249 Å². The van der Waals surface area contributed by atoms with Gasteiger partial charge in [-0.2, -0.15) is 0 Å².